The highest BCUT2D eigenvalue weighted by molar-refractivity contribution is 6.31. The molecule has 0 aliphatic heterocycles. The molecular formula is C13H11ClFNO. The van der Waals surface area contributed by atoms with Crippen LogP contribution in [0.5, 0.6) is 0 Å². The number of nitrogens with zero attached hydrogens (tertiary/aromatic N) is 1. The number of benzene rings is 1. The van der Waals surface area contributed by atoms with Crippen LogP contribution in [-0.2, 0) is 6.54 Å². The molecule has 0 spiro atoms. The summed E-state index contributed by atoms with van der Waals surface area (Å²) >= 11 is 5.86. The summed E-state index contributed by atoms with van der Waals surface area (Å²) in [6.07, 6.45) is 3.50. The van der Waals surface area contributed by atoms with Gasteiger partial charge < -0.3 is 4.57 Å². The first-order valence-electron chi connectivity index (χ1n) is 5.17. The van der Waals surface area contributed by atoms with Crippen LogP contribution in [0, 0.1) is 5.82 Å². The van der Waals surface area contributed by atoms with E-state index in [4.69, 9.17) is 11.6 Å². The Kier molecular flexibility index (Phi) is 3.29. The van der Waals surface area contributed by atoms with Crippen molar-refractivity contribution in [2.45, 2.75) is 13.5 Å². The fourth-order valence-electron chi connectivity index (χ4n) is 1.61. The monoisotopic (exact) mass is 251 g/mol. The van der Waals surface area contributed by atoms with Crippen molar-refractivity contribution in [3.05, 3.63) is 58.6 Å². The summed E-state index contributed by atoms with van der Waals surface area (Å²) in [7, 11) is 0. The molecule has 4 heteroatoms. The molecule has 1 aromatic carbocycles. The van der Waals surface area contributed by atoms with Gasteiger partial charge in [-0.2, -0.15) is 0 Å². The minimum Gasteiger partial charge on any atom is -0.349 e. The highest BCUT2D eigenvalue weighted by Gasteiger charge is 2.07. The average molecular weight is 252 g/mol. The smallest absolute Gasteiger partial charge is 0.161 e. The number of halogens is 2. The topological polar surface area (TPSA) is 22.0 Å². The molecule has 0 saturated carbocycles. The maximum atomic E-state index is 13.2. The van der Waals surface area contributed by atoms with Crippen LogP contribution < -0.4 is 0 Å². The fourth-order valence-corrected chi connectivity index (χ4v) is 1.80. The third-order valence-electron chi connectivity index (χ3n) is 2.54. The Hall–Kier alpha value is -1.61. The molecule has 0 aliphatic rings. The zero-order chi connectivity index (χ0) is 12.4. The largest absolute Gasteiger partial charge is 0.349 e. The van der Waals surface area contributed by atoms with Gasteiger partial charge in [-0.05, 0) is 24.6 Å². The summed E-state index contributed by atoms with van der Waals surface area (Å²) in [5.41, 5.74) is 1.33. The molecule has 2 rings (SSSR count). The van der Waals surface area contributed by atoms with Crippen molar-refractivity contribution >= 4 is 17.4 Å². The van der Waals surface area contributed by atoms with E-state index < -0.39 is 5.82 Å². The van der Waals surface area contributed by atoms with Crippen molar-refractivity contribution in [2.24, 2.45) is 0 Å². The SMILES string of the molecule is CC(=O)c1ccn(Cc2cccc(F)c2Cl)c1. The van der Waals surface area contributed by atoms with Gasteiger partial charge in [0, 0.05) is 24.5 Å². The van der Waals surface area contributed by atoms with Gasteiger partial charge in [0.1, 0.15) is 5.82 Å². The Labute approximate surface area is 104 Å². The Morgan fingerprint density at radius 3 is 2.82 bits per heavy atom. The maximum Gasteiger partial charge on any atom is 0.161 e. The van der Waals surface area contributed by atoms with E-state index in [0.29, 0.717) is 17.7 Å². The normalized spacial score (nSPS) is 10.5. The first-order chi connectivity index (χ1) is 8.08. The summed E-state index contributed by atoms with van der Waals surface area (Å²) < 4.78 is 15.0. The lowest BCUT2D eigenvalue weighted by Crippen LogP contribution is -1.99. The third kappa shape index (κ3) is 2.56. The summed E-state index contributed by atoms with van der Waals surface area (Å²) in [5, 5.41) is 0.130. The van der Waals surface area contributed by atoms with Gasteiger partial charge in [-0.1, -0.05) is 23.7 Å². The van der Waals surface area contributed by atoms with E-state index in [9.17, 15) is 9.18 Å². The van der Waals surface area contributed by atoms with Crippen LogP contribution in [-0.4, -0.2) is 10.4 Å². The van der Waals surface area contributed by atoms with E-state index in [1.807, 2.05) is 0 Å². The molecule has 0 bridgehead atoms. The number of rotatable bonds is 3. The van der Waals surface area contributed by atoms with E-state index in [-0.39, 0.29) is 10.8 Å². The molecule has 88 valence electrons. The molecular weight excluding hydrogens is 241 g/mol. The van der Waals surface area contributed by atoms with Gasteiger partial charge in [0.2, 0.25) is 0 Å². The van der Waals surface area contributed by atoms with Gasteiger partial charge in [0.05, 0.1) is 5.02 Å². The number of Topliss-reactive ketones (excluding diaryl/α,β-unsaturated/α-hetero) is 1. The number of ketones is 1. The standard InChI is InChI=1S/C13H11ClFNO/c1-9(17)10-5-6-16(7-10)8-11-3-2-4-12(15)13(11)14/h2-7H,8H2,1H3. The fraction of sp³-hybridized carbons (Fsp3) is 0.154. The van der Waals surface area contributed by atoms with Crippen molar-refractivity contribution in [2.75, 3.05) is 0 Å². The van der Waals surface area contributed by atoms with Crippen molar-refractivity contribution < 1.29 is 9.18 Å². The quantitative estimate of drug-likeness (QED) is 0.765. The number of hydrogen-bond acceptors (Lipinski definition) is 1. The molecule has 0 radical (unpaired) electrons. The van der Waals surface area contributed by atoms with Crippen molar-refractivity contribution in [1.82, 2.24) is 4.57 Å². The summed E-state index contributed by atoms with van der Waals surface area (Å²) in [6.45, 7) is 1.96. The van der Waals surface area contributed by atoms with Gasteiger partial charge in [-0.25, -0.2) is 4.39 Å². The Balaban J connectivity index is 2.25. The first kappa shape index (κ1) is 11.9. The lowest BCUT2D eigenvalue weighted by molar-refractivity contribution is 0.101. The Morgan fingerprint density at radius 2 is 2.18 bits per heavy atom. The first-order valence-corrected chi connectivity index (χ1v) is 5.55. The van der Waals surface area contributed by atoms with Crippen LogP contribution in [0.1, 0.15) is 22.8 Å². The Bertz CT molecular complexity index is 562. The van der Waals surface area contributed by atoms with E-state index in [1.54, 1.807) is 35.2 Å². The lowest BCUT2D eigenvalue weighted by Gasteiger charge is -2.06. The number of carbonyl (C=O) groups excluding carboxylic acids is 1. The summed E-state index contributed by atoms with van der Waals surface area (Å²) in [6, 6.07) is 6.43. The van der Waals surface area contributed by atoms with Crippen molar-refractivity contribution in [3.63, 3.8) is 0 Å². The van der Waals surface area contributed by atoms with Gasteiger partial charge in [-0.15, -0.1) is 0 Å². The van der Waals surface area contributed by atoms with E-state index in [1.165, 1.54) is 13.0 Å². The van der Waals surface area contributed by atoms with Crippen LogP contribution in [0.2, 0.25) is 5.02 Å². The van der Waals surface area contributed by atoms with Gasteiger partial charge >= 0.3 is 0 Å². The predicted molar refractivity (Wildman–Crippen MR) is 64.9 cm³/mol. The van der Waals surface area contributed by atoms with Gasteiger partial charge in [0.15, 0.2) is 5.78 Å². The molecule has 0 saturated heterocycles. The van der Waals surface area contributed by atoms with E-state index >= 15 is 0 Å². The molecule has 17 heavy (non-hydrogen) atoms. The molecule has 2 nitrogen and oxygen atoms in total. The molecule has 0 atom stereocenters. The van der Waals surface area contributed by atoms with Crippen molar-refractivity contribution in [3.8, 4) is 0 Å². The number of aromatic nitrogens is 1. The average Bonchev–Trinajstić information content (AvgIpc) is 2.73. The Morgan fingerprint density at radius 1 is 1.41 bits per heavy atom. The molecule has 1 aromatic heterocycles. The second-order valence-corrected chi connectivity index (χ2v) is 4.22. The minimum absolute atomic E-state index is 0.00842. The van der Waals surface area contributed by atoms with Crippen molar-refractivity contribution in [1.29, 1.82) is 0 Å². The molecule has 0 unspecified atom stereocenters. The minimum atomic E-state index is -0.428. The van der Waals surface area contributed by atoms with Crippen LogP contribution >= 0.6 is 11.6 Å². The number of carbonyl (C=O) groups is 1. The van der Waals surface area contributed by atoms with Gasteiger partial charge in [-0.3, -0.25) is 4.79 Å². The highest BCUT2D eigenvalue weighted by Crippen LogP contribution is 2.20. The van der Waals surface area contributed by atoms with Crippen LogP contribution in [0.15, 0.2) is 36.7 Å². The molecule has 0 N–H and O–H groups in total. The van der Waals surface area contributed by atoms with Crippen LogP contribution in [0.3, 0.4) is 0 Å². The highest BCUT2D eigenvalue weighted by atomic mass is 35.5. The van der Waals surface area contributed by atoms with Gasteiger partial charge in [0.25, 0.3) is 0 Å². The van der Waals surface area contributed by atoms with Crippen LogP contribution in [0.4, 0.5) is 4.39 Å². The molecule has 0 aliphatic carbocycles. The summed E-state index contributed by atoms with van der Waals surface area (Å²) in [4.78, 5) is 11.1. The van der Waals surface area contributed by atoms with Crippen LogP contribution in [0.25, 0.3) is 0 Å². The zero-order valence-corrected chi connectivity index (χ0v) is 10.0. The number of hydrogen-bond donors (Lipinski definition) is 0. The maximum absolute atomic E-state index is 13.2. The second-order valence-electron chi connectivity index (χ2n) is 3.84. The van der Waals surface area contributed by atoms with E-state index in [2.05, 4.69) is 0 Å². The molecule has 2 aromatic rings. The molecule has 1 heterocycles. The third-order valence-corrected chi connectivity index (χ3v) is 2.96. The summed E-state index contributed by atoms with van der Waals surface area (Å²) in [5.74, 6) is -0.419. The molecule has 0 amide bonds. The second kappa shape index (κ2) is 4.72. The lowest BCUT2D eigenvalue weighted by atomic mass is 10.2. The van der Waals surface area contributed by atoms with E-state index in [0.717, 1.165) is 0 Å². The molecule has 0 fully saturated rings. The zero-order valence-electron chi connectivity index (χ0n) is 9.28. The predicted octanol–water partition coefficient (Wildman–Crippen LogP) is 3.53.